The smallest absolute Gasteiger partial charge is 0.159 e. The average molecular weight is 453 g/mol. The number of halogens is 1. The number of nitrogens with two attached hydrogens (primary N) is 1. The van der Waals surface area contributed by atoms with Crippen molar-refractivity contribution in [2.75, 3.05) is 53.6 Å². The number of nitrogen functional groups attached to an aromatic ring is 1. The number of ether oxygens (including phenoxy) is 1. The van der Waals surface area contributed by atoms with Crippen LogP contribution in [0.2, 0.25) is 5.02 Å². The van der Waals surface area contributed by atoms with Crippen molar-refractivity contribution in [1.82, 2.24) is 9.97 Å². The Morgan fingerprint density at radius 1 is 1.03 bits per heavy atom. The summed E-state index contributed by atoms with van der Waals surface area (Å²) in [6, 6.07) is 15.8. The second-order valence-electron chi connectivity index (χ2n) is 7.76. The molecule has 0 aliphatic carbocycles. The van der Waals surface area contributed by atoms with Crippen LogP contribution in [0.1, 0.15) is 19.8 Å². The summed E-state index contributed by atoms with van der Waals surface area (Å²) in [6.07, 6.45) is 3.72. The number of hydrogen-bond donors (Lipinski definition) is 2. The fourth-order valence-corrected chi connectivity index (χ4v) is 3.88. The fourth-order valence-electron chi connectivity index (χ4n) is 3.69. The highest BCUT2D eigenvalue weighted by molar-refractivity contribution is 6.30. The lowest BCUT2D eigenvalue weighted by atomic mass is 10.2. The van der Waals surface area contributed by atoms with Gasteiger partial charge in [-0.3, -0.25) is 0 Å². The number of rotatable bonds is 8. The first-order chi connectivity index (χ1) is 15.6. The lowest BCUT2D eigenvalue weighted by Crippen LogP contribution is -2.47. The van der Waals surface area contributed by atoms with Gasteiger partial charge >= 0.3 is 0 Å². The molecule has 0 spiro atoms. The third kappa shape index (κ3) is 5.34. The van der Waals surface area contributed by atoms with E-state index >= 15 is 0 Å². The highest BCUT2D eigenvalue weighted by atomic mass is 35.5. The van der Waals surface area contributed by atoms with Crippen molar-refractivity contribution in [3.8, 4) is 5.75 Å². The Hall–Kier alpha value is -3.19. The monoisotopic (exact) mass is 452 g/mol. The van der Waals surface area contributed by atoms with E-state index in [1.165, 1.54) is 0 Å². The van der Waals surface area contributed by atoms with Crippen LogP contribution in [-0.4, -0.2) is 42.8 Å². The number of nitrogens with one attached hydrogen (secondary N) is 1. The Kier molecular flexibility index (Phi) is 7.17. The van der Waals surface area contributed by atoms with Crippen LogP contribution >= 0.6 is 11.6 Å². The second kappa shape index (κ2) is 10.4. The molecule has 1 aromatic heterocycles. The van der Waals surface area contributed by atoms with Crippen molar-refractivity contribution in [2.24, 2.45) is 0 Å². The van der Waals surface area contributed by atoms with Crippen molar-refractivity contribution in [1.29, 1.82) is 0 Å². The molecule has 2 heterocycles. The van der Waals surface area contributed by atoms with Crippen molar-refractivity contribution in [3.05, 3.63) is 59.9 Å². The maximum Gasteiger partial charge on any atom is 0.159 e. The van der Waals surface area contributed by atoms with Gasteiger partial charge in [0.25, 0.3) is 0 Å². The van der Waals surface area contributed by atoms with Crippen LogP contribution in [0.25, 0.3) is 0 Å². The minimum absolute atomic E-state index is 0.548. The maximum atomic E-state index is 6.45. The average Bonchev–Trinajstić information content (AvgIpc) is 2.82. The Labute approximate surface area is 194 Å². The summed E-state index contributed by atoms with van der Waals surface area (Å²) in [6.45, 7) is 6.25. The quantitative estimate of drug-likeness (QED) is 0.467. The third-order valence-corrected chi connectivity index (χ3v) is 5.73. The first kappa shape index (κ1) is 22.0. The molecular weight excluding hydrogens is 424 g/mol. The maximum absolute atomic E-state index is 6.45. The van der Waals surface area contributed by atoms with Crippen molar-refractivity contribution < 1.29 is 4.74 Å². The van der Waals surface area contributed by atoms with Gasteiger partial charge in [0, 0.05) is 42.6 Å². The second-order valence-corrected chi connectivity index (χ2v) is 8.20. The van der Waals surface area contributed by atoms with Crippen molar-refractivity contribution >= 4 is 40.3 Å². The molecule has 3 N–H and O–H groups in total. The summed E-state index contributed by atoms with van der Waals surface area (Å²) in [5.74, 6) is 2.22. The minimum Gasteiger partial charge on any atom is -0.494 e. The predicted molar refractivity (Wildman–Crippen MR) is 132 cm³/mol. The van der Waals surface area contributed by atoms with E-state index in [1.807, 2.05) is 42.5 Å². The van der Waals surface area contributed by atoms with Crippen LogP contribution in [0.4, 0.5) is 28.7 Å². The number of hydrogen-bond acceptors (Lipinski definition) is 7. The molecular formula is C24H29ClN6O. The Bertz CT molecular complexity index is 1020. The molecule has 0 radical (unpaired) electrons. The molecule has 32 heavy (non-hydrogen) atoms. The van der Waals surface area contributed by atoms with Gasteiger partial charge < -0.3 is 25.6 Å². The Morgan fingerprint density at radius 2 is 1.78 bits per heavy atom. The molecule has 0 unspecified atom stereocenters. The molecule has 3 aromatic rings. The van der Waals surface area contributed by atoms with Gasteiger partial charge in [-0.25, -0.2) is 9.97 Å². The van der Waals surface area contributed by atoms with E-state index in [0.717, 1.165) is 73.6 Å². The van der Waals surface area contributed by atoms with Gasteiger partial charge in [0.1, 0.15) is 17.8 Å². The normalized spacial score (nSPS) is 13.8. The zero-order chi connectivity index (χ0) is 22.3. The molecule has 7 nitrogen and oxygen atoms in total. The Morgan fingerprint density at radius 3 is 2.50 bits per heavy atom. The van der Waals surface area contributed by atoms with Crippen LogP contribution in [-0.2, 0) is 0 Å². The van der Waals surface area contributed by atoms with Gasteiger partial charge in [-0.2, -0.15) is 0 Å². The molecule has 4 rings (SSSR count). The van der Waals surface area contributed by atoms with Gasteiger partial charge in [-0.05, 0) is 48.9 Å². The number of anilines is 5. The fraction of sp³-hybridized carbons (Fsp3) is 0.333. The van der Waals surface area contributed by atoms with Crippen LogP contribution in [0.5, 0.6) is 5.75 Å². The van der Waals surface area contributed by atoms with Crippen LogP contribution in [0.3, 0.4) is 0 Å². The lowest BCUT2D eigenvalue weighted by molar-refractivity contribution is 0.309. The molecule has 0 atom stereocenters. The number of nitrogens with zero attached hydrogens (tertiary/aromatic N) is 4. The van der Waals surface area contributed by atoms with Crippen LogP contribution < -0.4 is 25.6 Å². The molecule has 1 aliphatic heterocycles. The van der Waals surface area contributed by atoms with E-state index < -0.39 is 0 Å². The zero-order valence-corrected chi connectivity index (χ0v) is 19.1. The van der Waals surface area contributed by atoms with E-state index in [2.05, 4.69) is 38.1 Å². The first-order valence-electron chi connectivity index (χ1n) is 11.0. The largest absolute Gasteiger partial charge is 0.494 e. The molecule has 0 saturated carbocycles. The highest BCUT2D eigenvalue weighted by Crippen LogP contribution is 2.30. The summed E-state index contributed by atoms with van der Waals surface area (Å²) >= 11 is 6.15. The van der Waals surface area contributed by atoms with Crippen molar-refractivity contribution in [3.63, 3.8) is 0 Å². The van der Waals surface area contributed by atoms with Gasteiger partial charge in [0.2, 0.25) is 0 Å². The number of benzene rings is 2. The zero-order valence-electron chi connectivity index (χ0n) is 18.3. The molecule has 1 aliphatic rings. The predicted octanol–water partition coefficient (Wildman–Crippen LogP) is 4.96. The molecule has 168 valence electrons. The summed E-state index contributed by atoms with van der Waals surface area (Å²) in [4.78, 5) is 13.3. The topological polar surface area (TPSA) is 79.5 Å². The Balaban J connectivity index is 1.39. The standard InChI is InChI=1S/C24H29ClN6O/c1-2-3-15-32-21-9-7-19(8-10-21)29-23-22(26)24(28-17-27-23)31-13-11-30(12-14-31)20-6-4-5-18(25)16-20/h4-10,16-17H,2-3,11-15,26H2,1H3,(H,27,28,29). The molecule has 8 heteroatoms. The van der Waals surface area contributed by atoms with E-state index in [4.69, 9.17) is 22.1 Å². The van der Waals surface area contributed by atoms with E-state index in [9.17, 15) is 0 Å². The number of piperazine rings is 1. The molecule has 2 aromatic carbocycles. The van der Waals surface area contributed by atoms with Crippen LogP contribution in [0.15, 0.2) is 54.9 Å². The van der Waals surface area contributed by atoms with E-state index in [0.29, 0.717) is 11.5 Å². The summed E-state index contributed by atoms with van der Waals surface area (Å²) in [7, 11) is 0. The summed E-state index contributed by atoms with van der Waals surface area (Å²) in [5.41, 5.74) is 9.04. The summed E-state index contributed by atoms with van der Waals surface area (Å²) in [5, 5.41) is 4.05. The van der Waals surface area contributed by atoms with Crippen LogP contribution in [0, 0.1) is 0 Å². The summed E-state index contributed by atoms with van der Waals surface area (Å²) < 4.78 is 5.72. The highest BCUT2D eigenvalue weighted by Gasteiger charge is 2.21. The van der Waals surface area contributed by atoms with E-state index in [1.54, 1.807) is 6.33 Å². The minimum atomic E-state index is 0.548. The lowest BCUT2D eigenvalue weighted by Gasteiger charge is -2.37. The SMILES string of the molecule is CCCCOc1ccc(Nc2ncnc(N3CCN(c4cccc(Cl)c4)CC3)c2N)cc1. The number of unbranched alkanes of at least 4 members (excludes halogenated alkanes) is 1. The molecule has 1 saturated heterocycles. The van der Waals surface area contributed by atoms with Gasteiger partial charge in [-0.15, -0.1) is 0 Å². The van der Waals surface area contributed by atoms with Gasteiger partial charge in [0.05, 0.1) is 6.61 Å². The molecule has 0 bridgehead atoms. The van der Waals surface area contributed by atoms with Gasteiger partial charge in [-0.1, -0.05) is 31.0 Å². The first-order valence-corrected chi connectivity index (χ1v) is 11.4. The van der Waals surface area contributed by atoms with E-state index in [-0.39, 0.29) is 0 Å². The molecule has 1 fully saturated rings. The number of aromatic nitrogens is 2. The van der Waals surface area contributed by atoms with Gasteiger partial charge in [0.15, 0.2) is 11.6 Å². The molecule has 0 amide bonds. The van der Waals surface area contributed by atoms with Crippen molar-refractivity contribution in [2.45, 2.75) is 19.8 Å². The third-order valence-electron chi connectivity index (χ3n) is 5.50.